The second kappa shape index (κ2) is 20.6. The molecule has 1 N–H and O–H groups in total. The molecule has 0 heterocycles. The molecule has 1 atom stereocenters. The Labute approximate surface area is 196 Å². The molecular formula is C21H42NNaO4S. The van der Waals surface area contributed by atoms with E-state index in [1.807, 2.05) is 6.92 Å². The van der Waals surface area contributed by atoms with Gasteiger partial charge in [0.1, 0.15) is 0 Å². The van der Waals surface area contributed by atoms with E-state index in [4.69, 9.17) is 0 Å². The van der Waals surface area contributed by atoms with Crippen LogP contribution in [0, 0.1) is 5.92 Å². The van der Waals surface area contributed by atoms with Crippen molar-refractivity contribution in [1.29, 1.82) is 0 Å². The molecule has 1 unspecified atom stereocenters. The summed E-state index contributed by atoms with van der Waals surface area (Å²) < 4.78 is 31.5. The van der Waals surface area contributed by atoms with Crippen molar-refractivity contribution in [1.82, 2.24) is 5.32 Å². The fraction of sp³-hybridized carbons (Fsp3) is 0.952. The number of nitrogens with one attached hydrogen (secondary N) is 1. The first-order valence-corrected chi connectivity index (χ1v) is 12.7. The molecule has 0 bridgehead atoms. The molecule has 5 nitrogen and oxygen atoms in total. The number of unbranched alkanes of at least 4 members (excludes halogenated alkanes) is 13. The van der Waals surface area contributed by atoms with Gasteiger partial charge in [0, 0.05) is 12.5 Å². The van der Waals surface area contributed by atoms with E-state index in [2.05, 4.69) is 12.2 Å². The summed E-state index contributed by atoms with van der Waals surface area (Å²) in [4.78, 5) is 11.8. The summed E-state index contributed by atoms with van der Waals surface area (Å²) in [5, 5.41) is 2.52. The fourth-order valence-electron chi connectivity index (χ4n) is 3.25. The second-order valence-corrected chi connectivity index (χ2v) is 9.36. The Bertz CT molecular complexity index is 457. The van der Waals surface area contributed by atoms with E-state index in [1.54, 1.807) is 0 Å². The zero-order valence-corrected chi connectivity index (χ0v) is 21.5. The van der Waals surface area contributed by atoms with Crippen LogP contribution in [0.2, 0.25) is 0 Å². The molecule has 0 aromatic rings. The average Bonchev–Trinajstić information content (AvgIpc) is 2.60. The molecule has 1 amide bonds. The van der Waals surface area contributed by atoms with Crippen molar-refractivity contribution in [2.75, 3.05) is 12.3 Å². The summed E-state index contributed by atoms with van der Waals surface area (Å²) in [5.74, 6) is -0.824. The average molecular weight is 428 g/mol. The molecule has 7 heteroatoms. The number of rotatable bonds is 19. The van der Waals surface area contributed by atoms with E-state index in [0.717, 1.165) is 19.3 Å². The summed E-state index contributed by atoms with van der Waals surface area (Å²) in [7, 11) is -4.25. The predicted octanol–water partition coefficient (Wildman–Crippen LogP) is 2.16. The number of carbonyl (C=O) groups excluding carboxylic acids is 1. The summed E-state index contributed by atoms with van der Waals surface area (Å²) >= 11 is 0. The van der Waals surface area contributed by atoms with E-state index in [0.29, 0.717) is 0 Å². The van der Waals surface area contributed by atoms with Crippen LogP contribution in [0.5, 0.6) is 0 Å². The van der Waals surface area contributed by atoms with Gasteiger partial charge in [0.2, 0.25) is 5.91 Å². The molecule has 0 fully saturated rings. The van der Waals surface area contributed by atoms with E-state index in [9.17, 15) is 17.8 Å². The smallest absolute Gasteiger partial charge is 0.748 e. The first-order valence-electron chi connectivity index (χ1n) is 11.1. The van der Waals surface area contributed by atoms with Gasteiger partial charge in [0.25, 0.3) is 0 Å². The van der Waals surface area contributed by atoms with Gasteiger partial charge in [0.15, 0.2) is 0 Å². The summed E-state index contributed by atoms with van der Waals surface area (Å²) in [6.45, 7) is 4.02. The second-order valence-electron chi connectivity index (χ2n) is 7.84. The largest absolute Gasteiger partial charge is 1.00 e. The van der Waals surface area contributed by atoms with Crippen LogP contribution in [0.1, 0.15) is 110 Å². The first-order chi connectivity index (χ1) is 12.9. The van der Waals surface area contributed by atoms with E-state index < -0.39 is 15.9 Å². The Morgan fingerprint density at radius 2 is 1.21 bits per heavy atom. The van der Waals surface area contributed by atoms with E-state index in [-0.39, 0.29) is 47.9 Å². The van der Waals surface area contributed by atoms with E-state index >= 15 is 0 Å². The molecular weight excluding hydrogens is 385 g/mol. The van der Waals surface area contributed by atoms with Crippen molar-refractivity contribution in [3.8, 4) is 0 Å². The van der Waals surface area contributed by atoms with Gasteiger partial charge in [-0.2, -0.15) is 0 Å². The fourth-order valence-corrected chi connectivity index (χ4v) is 3.60. The maximum absolute atomic E-state index is 11.8. The molecule has 0 rings (SSSR count). The van der Waals surface area contributed by atoms with Gasteiger partial charge < -0.3 is 9.87 Å². The Morgan fingerprint density at radius 3 is 1.61 bits per heavy atom. The van der Waals surface area contributed by atoms with Crippen LogP contribution in [0.3, 0.4) is 0 Å². The van der Waals surface area contributed by atoms with Gasteiger partial charge in [-0.15, -0.1) is 0 Å². The third-order valence-corrected chi connectivity index (χ3v) is 5.79. The topological polar surface area (TPSA) is 86.3 Å². The molecule has 0 aromatic heterocycles. The minimum atomic E-state index is -4.25. The third kappa shape index (κ3) is 22.7. The first kappa shape index (κ1) is 30.6. The van der Waals surface area contributed by atoms with Crippen LogP contribution in [0.15, 0.2) is 0 Å². The maximum Gasteiger partial charge on any atom is 1.00 e. The van der Waals surface area contributed by atoms with Crippen molar-refractivity contribution in [2.45, 2.75) is 110 Å². The van der Waals surface area contributed by atoms with Crippen LogP contribution >= 0.6 is 0 Å². The molecule has 0 saturated heterocycles. The quantitative estimate of drug-likeness (QED) is 0.194. The molecule has 0 aliphatic heterocycles. The minimum Gasteiger partial charge on any atom is -0.748 e. The molecule has 162 valence electrons. The maximum atomic E-state index is 11.8. The normalized spacial score (nSPS) is 12.4. The molecule has 0 saturated carbocycles. The van der Waals surface area contributed by atoms with Gasteiger partial charge >= 0.3 is 29.6 Å². The summed E-state index contributed by atoms with van der Waals surface area (Å²) in [5.41, 5.74) is 0. The number of hydrogen-bond donors (Lipinski definition) is 1. The van der Waals surface area contributed by atoms with Gasteiger partial charge in [-0.1, -0.05) is 104 Å². The van der Waals surface area contributed by atoms with Gasteiger partial charge in [-0.25, -0.2) is 8.42 Å². The van der Waals surface area contributed by atoms with Crippen molar-refractivity contribution < 1.29 is 47.3 Å². The van der Waals surface area contributed by atoms with Gasteiger partial charge in [-0.05, 0) is 6.42 Å². The molecule has 0 aliphatic carbocycles. The zero-order valence-electron chi connectivity index (χ0n) is 18.6. The minimum absolute atomic E-state index is 0. The Balaban J connectivity index is 0. The Morgan fingerprint density at radius 1 is 0.821 bits per heavy atom. The SMILES string of the molecule is CCCCCCCCCCCCCCCCC(C)C(=O)NCCS(=O)(=O)[O-].[Na+]. The Hall–Kier alpha value is 0.380. The van der Waals surface area contributed by atoms with E-state index in [1.165, 1.54) is 77.0 Å². The standard InChI is InChI=1S/C21H43NO4S.Na/c1-3-4-5-6-7-8-9-10-11-12-13-14-15-16-17-20(2)21(23)22-18-19-27(24,25)26;/h20H,3-19H2,1-2H3,(H,22,23)(H,24,25,26);/q;+1/p-1. The van der Waals surface area contributed by atoms with Gasteiger partial charge in [-0.3, -0.25) is 4.79 Å². The van der Waals surface area contributed by atoms with Crippen LogP contribution < -0.4 is 34.9 Å². The van der Waals surface area contributed by atoms with Crippen LogP contribution in [0.25, 0.3) is 0 Å². The number of hydrogen-bond acceptors (Lipinski definition) is 4. The number of amides is 1. The molecule has 0 aromatic carbocycles. The van der Waals surface area contributed by atoms with Crippen molar-refractivity contribution in [3.63, 3.8) is 0 Å². The predicted molar refractivity (Wildman–Crippen MR) is 112 cm³/mol. The summed E-state index contributed by atoms with van der Waals surface area (Å²) in [6.07, 6.45) is 19.2. The van der Waals surface area contributed by atoms with Crippen molar-refractivity contribution in [3.05, 3.63) is 0 Å². The molecule has 28 heavy (non-hydrogen) atoms. The molecule has 0 radical (unpaired) electrons. The monoisotopic (exact) mass is 427 g/mol. The third-order valence-electron chi connectivity index (χ3n) is 5.09. The number of carbonyl (C=O) groups is 1. The zero-order chi connectivity index (χ0) is 20.4. The molecule has 0 aliphatic rings. The van der Waals surface area contributed by atoms with Gasteiger partial charge in [0.05, 0.1) is 15.9 Å². The van der Waals surface area contributed by atoms with Crippen molar-refractivity contribution in [2.24, 2.45) is 5.92 Å². The van der Waals surface area contributed by atoms with Crippen LogP contribution in [0.4, 0.5) is 0 Å². The van der Waals surface area contributed by atoms with Crippen molar-refractivity contribution >= 4 is 16.0 Å². The molecule has 0 spiro atoms. The van der Waals surface area contributed by atoms with Crippen LogP contribution in [-0.4, -0.2) is 31.2 Å². The Kier molecular flexibility index (Phi) is 22.5. The summed E-state index contributed by atoms with van der Waals surface area (Å²) in [6, 6.07) is 0. The van der Waals surface area contributed by atoms with Crippen LogP contribution in [-0.2, 0) is 14.9 Å².